The SMILES string of the molecule is CN1CCN(c2nc3ccccc3c3c2C(O)c2ccccc2-3)CC1. The second kappa shape index (κ2) is 5.55. The molecule has 5 rings (SSSR count). The van der Waals surface area contributed by atoms with Crippen molar-refractivity contribution >= 4 is 16.7 Å². The molecule has 0 saturated carbocycles. The molecular weight excluding hydrogens is 310 g/mol. The Morgan fingerprint density at radius 3 is 2.52 bits per heavy atom. The van der Waals surface area contributed by atoms with Crippen molar-refractivity contribution < 1.29 is 5.11 Å². The number of hydrogen-bond donors (Lipinski definition) is 1. The van der Waals surface area contributed by atoms with Crippen LogP contribution in [0.1, 0.15) is 17.2 Å². The minimum Gasteiger partial charge on any atom is -0.383 e. The molecule has 25 heavy (non-hydrogen) atoms. The third-order valence-electron chi connectivity index (χ3n) is 5.51. The third-order valence-corrected chi connectivity index (χ3v) is 5.51. The topological polar surface area (TPSA) is 39.6 Å². The number of hydrogen-bond acceptors (Lipinski definition) is 4. The van der Waals surface area contributed by atoms with Crippen LogP contribution in [0.25, 0.3) is 22.0 Å². The summed E-state index contributed by atoms with van der Waals surface area (Å²) in [6.07, 6.45) is -0.599. The molecule has 1 fully saturated rings. The number of benzene rings is 2. The lowest BCUT2D eigenvalue weighted by Gasteiger charge is -2.34. The number of aliphatic hydroxyl groups is 1. The minimum atomic E-state index is -0.599. The zero-order valence-electron chi connectivity index (χ0n) is 14.3. The van der Waals surface area contributed by atoms with Crippen LogP contribution < -0.4 is 4.90 Å². The quantitative estimate of drug-likeness (QED) is 0.744. The molecule has 2 aromatic carbocycles. The predicted molar refractivity (Wildman–Crippen MR) is 101 cm³/mol. The highest BCUT2D eigenvalue weighted by atomic mass is 16.3. The van der Waals surface area contributed by atoms with Gasteiger partial charge in [0.05, 0.1) is 5.52 Å². The lowest BCUT2D eigenvalue weighted by molar-refractivity contribution is 0.224. The predicted octanol–water partition coefficient (Wildman–Crippen LogP) is 3.05. The molecule has 1 saturated heterocycles. The monoisotopic (exact) mass is 331 g/mol. The van der Waals surface area contributed by atoms with Gasteiger partial charge in [0, 0.05) is 42.7 Å². The summed E-state index contributed by atoms with van der Waals surface area (Å²) >= 11 is 0. The molecule has 1 aliphatic heterocycles. The van der Waals surface area contributed by atoms with E-state index in [0.29, 0.717) is 0 Å². The van der Waals surface area contributed by atoms with Gasteiger partial charge in [-0.1, -0.05) is 42.5 Å². The molecule has 2 aliphatic rings. The molecule has 126 valence electrons. The molecule has 0 radical (unpaired) electrons. The van der Waals surface area contributed by atoms with Gasteiger partial charge in [-0.15, -0.1) is 0 Å². The van der Waals surface area contributed by atoms with E-state index in [4.69, 9.17) is 4.98 Å². The fourth-order valence-electron chi connectivity index (χ4n) is 4.14. The van der Waals surface area contributed by atoms with Gasteiger partial charge in [0.15, 0.2) is 0 Å². The highest BCUT2D eigenvalue weighted by Crippen LogP contribution is 2.49. The lowest BCUT2D eigenvalue weighted by atomic mass is 10.0. The Hall–Kier alpha value is -2.43. The molecule has 2 heterocycles. The highest BCUT2D eigenvalue weighted by Gasteiger charge is 2.34. The van der Waals surface area contributed by atoms with Gasteiger partial charge in [-0.2, -0.15) is 0 Å². The van der Waals surface area contributed by atoms with Crippen LogP contribution in [0.15, 0.2) is 48.5 Å². The number of fused-ring (bicyclic) bond motifs is 5. The number of aromatic nitrogens is 1. The summed E-state index contributed by atoms with van der Waals surface area (Å²) in [6.45, 7) is 3.92. The summed E-state index contributed by atoms with van der Waals surface area (Å²) in [7, 11) is 2.15. The first-order valence-corrected chi connectivity index (χ1v) is 8.87. The van der Waals surface area contributed by atoms with Crippen molar-refractivity contribution in [3.8, 4) is 11.1 Å². The van der Waals surface area contributed by atoms with Crippen LogP contribution >= 0.6 is 0 Å². The van der Waals surface area contributed by atoms with Gasteiger partial charge in [0.25, 0.3) is 0 Å². The Bertz CT molecular complexity index is 961. The van der Waals surface area contributed by atoms with Gasteiger partial charge in [0.2, 0.25) is 0 Å². The summed E-state index contributed by atoms with van der Waals surface area (Å²) in [6, 6.07) is 16.5. The van der Waals surface area contributed by atoms with Gasteiger partial charge in [-0.25, -0.2) is 4.98 Å². The molecule has 1 atom stereocenters. The number of pyridine rings is 1. The number of aliphatic hydroxyl groups excluding tert-OH is 1. The minimum absolute atomic E-state index is 0.599. The summed E-state index contributed by atoms with van der Waals surface area (Å²) in [5, 5.41) is 12.2. The number of para-hydroxylation sites is 1. The Labute approximate surface area is 147 Å². The summed E-state index contributed by atoms with van der Waals surface area (Å²) in [4.78, 5) is 9.65. The molecule has 1 aliphatic carbocycles. The average Bonchev–Trinajstić information content (AvgIpc) is 2.96. The second-order valence-electron chi connectivity index (χ2n) is 7.02. The summed E-state index contributed by atoms with van der Waals surface area (Å²) < 4.78 is 0. The van der Waals surface area contributed by atoms with Crippen molar-refractivity contribution in [1.29, 1.82) is 0 Å². The van der Waals surface area contributed by atoms with Gasteiger partial charge in [0.1, 0.15) is 11.9 Å². The Morgan fingerprint density at radius 1 is 0.960 bits per heavy atom. The molecule has 1 aromatic heterocycles. The van der Waals surface area contributed by atoms with E-state index in [2.05, 4.69) is 35.0 Å². The Balaban J connectivity index is 1.78. The molecule has 1 N–H and O–H groups in total. The molecular formula is C21H21N3O. The molecule has 4 heteroatoms. The van der Waals surface area contributed by atoms with Crippen LogP contribution in [0.5, 0.6) is 0 Å². The number of nitrogens with zero attached hydrogens (tertiary/aromatic N) is 3. The molecule has 1 unspecified atom stereocenters. The van der Waals surface area contributed by atoms with E-state index in [1.807, 2.05) is 30.3 Å². The first-order valence-electron chi connectivity index (χ1n) is 8.87. The highest BCUT2D eigenvalue weighted by molar-refractivity contribution is 6.02. The first-order chi connectivity index (χ1) is 12.2. The zero-order chi connectivity index (χ0) is 17.0. The van der Waals surface area contributed by atoms with Gasteiger partial charge in [-0.3, -0.25) is 0 Å². The van der Waals surface area contributed by atoms with E-state index < -0.39 is 6.10 Å². The van der Waals surface area contributed by atoms with Crippen molar-refractivity contribution in [2.24, 2.45) is 0 Å². The molecule has 0 amide bonds. The van der Waals surface area contributed by atoms with E-state index in [9.17, 15) is 5.11 Å². The normalized spacial score (nSPS) is 19.9. The molecule has 0 spiro atoms. The zero-order valence-corrected chi connectivity index (χ0v) is 14.3. The van der Waals surface area contributed by atoms with Crippen molar-refractivity contribution in [1.82, 2.24) is 9.88 Å². The maximum Gasteiger partial charge on any atom is 0.136 e. The fourth-order valence-corrected chi connectivity index (χ4v) is 4.14. The average molecular weight is 331 g/mol. The van der Waals surface area contributed by atoms with Crippen LogP contribution in [0.2, 0.25) is 0 Å². The first kappa shape index (κ1) is 14.9. The van der Waals surface area contributed by atoms with Crippen LogP contribution in [-0.2, 0) is 0 Å². The lowest BCUT2D eigenvalue weighted by Crippen LogP contribution is -2.45. The summed E-state index contributed by atoms with van der Waals surface area (Å²) in [5.74, 6) is 0.950. The van der Waals surface area contributed by atoms with Gasteiger partial charge >= 0.3 is 0 Å². The number of rotatable bonds is 1. The number of piperazine rings is 1. The largest absolute Gasteiger partial charge is 0.383 e. The van der Waals surface area contributed by atoms with Crippen molar-refractivity contribution in [3.63, 3.8) is 0 Å². The third kappa shape index (κ3) is 2.18. The summed E-state index contributed by atoms with van der Waals surface area (Å²) in [5.41, 5.74) is 5.26. The van der Waals surface area contributed by atoms with E-state index in [0.717, 1.165) is 65.2 Å². The molecule has 4 nitrogen and oxygen atoms in total. The van der Waals surface area contributed by atoms with E-state index in [-0.39, 0.29) is 0 Å². The van der Waals surface area contributed by atoms with Crippen LogP contribution in [0.4, 0.5) is 5.82 Å². The van der Waals surface area contributed by atoms with E-state index >= 15 is 0 Å². The van der Waals surface area contributed by atoms with Gasteiger partial charge < -0.3 is 14.9 Å². The Morgan fingerprint density at radius 2 is 1.68 bits per heavy atom. The fraction of sp³-hybridized carbons (Fsp3) is 0.286. The smallest absolute Gasteiger partial charge is 0.136 e. The van der Waals surface area contributed by atoms with Crippen molar-refractivity contribution in [2.75, 3.05) is 38.1 Å². The maximum absolute atomic E-state index is 11.1. The Kier molecular flexibility index (Phi) is 3.30. The van der Waals surface area contributed by atoms with E-state index in [1.54, 1.807) is 0 Å². The van der Waals surface area contributed by atoms with E-state index in [1.165, 1.54) is 0 Å². The number of likely N-dealkylation sites (N-methyl/N-ethyl adjacent to an activating group) is 1. The maximum atomic E-state index is 11.1. The van der Waals surface area contributed by atoms with Crippen LogP contribution in [0, 0.1) is 0 Å². The van der Waals surface area contributed by atoms with Crippen molar-refractivity contribution in [2.45, 2.75) is 6.10 Å². The van der Waals surface area contributed by atoms with Gasteiger partial charge in [-0.05, 0) is 24.2 Å². The van der Waals surface area contributed by atoms with Crippen molar-refractivity contribution in [3.05, 3.63) is 59.7 Å². The standard InChI is InChI=1S/C21H21N3O/c1-23-10-12-24(13-11-23)21-19-18(16-8-4-5-9-17(16)22-21)14-6-2-3-7-15(14)20(19)25/h2-9,20,25H,10-13H2,1H3. The van der Waals surface area contributed by atoms with Crippen LogP contribution in [0.3, 0.4) is 0 Å². The molecule has 3 aromatic rings. The number of anilines is 1. The van der Waals surface area contributed by atoms with Crippen LogP contribution in [-0.4, -0.2) is 48.2 Å². The second-order valence-corrected chi connectivity index (χ2v) is 7.02. The molecule has 0 bridgehead atoms.